The van der Waals surface area contributed by atoms with Crippen LogP contribution in [-0.2, 0) is 10.8 Å². The average molecular weight is 260 g/mol. The van der Waals surface area contributed by atoms with Gasteiger partial charge in [0.1, 0.15) is 5.75 Å². The van der Waals surface area contributed by atoms with E-state index in [1.165, 1.54) is 19.1 Å². The molecule has 0 fully saturated rings. The Kier molecular flexibility index (Phi) is 3.58. The minimum atomic E-state index is -1.30. The lowest BCUT2D eigenvalue weighted by atomic mass is 10.2. The SMILES string of the molecule is CC(=O)c1ccc(S(=O)c2ccc(O)cc2)cc1. The first-order valence-electron chi connectivity index (χ1n) is 5.40. The van der Waals surface area contributed by atoms with Gasteiger partial charge < -0.3 is 5.11 Å². The third-order valence-corrected chi connectivity index (χ3v) is 3.93. The largest absolute Gasteiger partial charge is 0.508 e. The number of aromatic hydroxyl groups is 1. The zero-order chi connectivity index (χ0) is 13.1. The normalized spacial score (nSPS) is 12.1. The van der Waals surface area contributed by atoms with Gasteiger partial charge in [-0.2, -0.15) is 0 Å². The number of ketones is 1. The van der Waals surface area contributed by atoms with Gasteiger partial charge in [-0.15, -0.1) is 0 Å². The van der Waals surface area contributed by atoms with Crippen LogP contribution < -0.4 is 0 Å². The first kappa shape index (κ1) is 12.5. The van der Waals surface area contributed by atoms with Gasteiger partial charge in [-0.05, 0) is 43.3 Å². The molecule has 0 bridgehead atoms. The molecule has 92 valence electrons. The maximum atomic E-state index is 12.2. The number of phenolic OH excluding ortho intramolecular Hbond substituents is 1. The number of carbonyl (C=O) groups excluding carboxylic acids is 1. The predicted octanol–water partition coefficient (Wildman–Crippen LogP) is 2.76. The van der Waals surface area contributed by atoms with Crippen LogP contribution in [0.3, 0.4) is 0 Å². The van der Waals surface area contributed by atoms with Crippen LogP contribution in [-0.4, -0.2) is 15.1 Å². The Hall–Kier alpha value is -1.94. The van der Waals surface area contributed by atoms with Crippen LogP contribution in [0.4, 0.5) is 0 Å². The van der Waals surface area contributed by atoms with E-state index >= 15 is 0 Å². The number of Topliss-reactive ketones (excluding diaryl/α,β-unsaturated/α-hetero) is 1. The van der Waals surface area contributed by atoms with Crippen molar-refractivity contribution in [3.05, 3.63) is 54.1 Å². The second kappa shape index (κ2) is 5.14. The van der Waals surface area contributed by atoms with Gasteiger partial charge in [-0.1, -0.05) is 12.1 Å². The van der Waals surface area contributed by atoms with Crippen LogP contribution in [0.5, 0.6) is 5.75 Å². The van der Waals surface area contributed by atoms with Crippen molar-refractivity contribution in [3.63, 3.8) is 0 Å². The monoisotopic (exact) mass is 260 g/mol. The predicted molar refractivity (Wildman–Crippen MR) is 69.2 cm³/mol. The zero-order valence-corrected chi connectivity index (χ0v) is 10.6. The minimum absolute atomic E-state index is 0.0167. The number of benzene rings is 2. The van der Waals surface area contributed by atoms with E-state index in [0.717, 1.165) is 0 Å². The number of rotatable bonds is 3. The molecular weight excluding hydrogens is 248 g/mol. The van der Waals surface area contributed by atoms with Crippen molar-refractivity contribution in [1.82, 2.24) is 0 Å². The van der Waals surface area contributed by atoms with Crippen molar-refractivity contribution < 1.29 is 14.1 Å². The summed E-state index contributed by atoms with van der Waals surface area (Å²) in [5.41, 5.74) is 0.599. The molecule has 4 heteroatoms. The second-order valence-corrected chi connectivity index (χ2v) is 5.32. The Labute approximate surface area is 108 Å². The standard InChI is InChI=1S/C14H12O3S/c1-10(15)11-2-6-13(7-3-11)18(17)14-8-4-12(16)5-9-14/h2-9,16H,1H3. The van der Waals surface area contributed by atoms with Gasteiger partial charge in [0.15, 0.2) is 5.78 Å². The molecule has 3 nitrogen and oxygen atoms in total. The van der Waals surface area contributed by atoms with Crippen molar-refractivity contribution in [3.8, 4) is 5.75 Å². The van der Waals surface area contributed by atoms with E-state index in [9.17, 15) is 14.1 Å². The van der Waals surface area contributed by atoms with E-state index in [2.05, 4.69) is 0 Å². The second-order valence-electron chi connectivity index (χ2n) is 3.84. The molecule has 18 heavy (non-hydrogen) atoms. The van der Waals surface area contributed by atoms with E-state index in [4.69, 9.17) is 0 Å². The molecule has 2 rings (SSSR count). The molecule has 0 saturated heterocycles. The number of phenols is 1. The van der Waals surface area contributed by atoms with Crippen molar-refractivity contribution in [2.45, 2.75) is 16.7 Å². The van der Waals surface area contributed by atoms with E-state index in [1.54, 1.807) is 36.4 Å². The molecule has 0 saturated carbocycles. The Morgan fingerprint density at radius 3 is 1.83 bits per heavy atom. The summed E-state index contributed by atoms with van der Waals surface area (Å²) in [6, 6.07) is 12.9. The Morgan fingerprint density at radius 1 is 0.944 bits per heavy atom. The first-order valence-corrected chi connectivity index (χ1v) is 6.55. The van der Waals surface area contributed by atoms with E-state index in [1.807, 2.05) is 0 Å². The van der Waals surface area contributed by atoms with Gasteiger partial charge in [-0.25, -0.2) is 4.21 Å². The molecule has 1 unspecified atom stereocenters. The van der Waals surface area contributed by atoms with Crippen LogP contribution in [0.1, 0.15) is 17.3 Å². The highest BCUT2D eigenvalue weighted by Gasteiger charge is 2.07. The van der Waals surface area contributed by atoms with Gasteiger partial charge in [0.05, 0.1) is 10.8 Å². The Balaban J connectivity index is 2.28. The quantitative estimate of drug-likeness (QED) is 0.863. The van der Waals surface area contributed by atoms with Gasteiger partial charge in [0.2, 0.25) is 0 Å². The lowest BCUT2D eigenvalue weighted by molar-refractivity contribution is 0.101. The molecule has 0 aliphatic heterocycles. The lowest BCUT2D eigenvalue weighted by Crippen LogP contribution is -1.95. The Morgan fingerprint density at radius 2 is 1.39 bits per heavy atom. The van der Waals surface area contributed by atoms with Crippen molar-refractivity contribution >= 4 is 16.6 Å². The highest BCUT2D eigenvalue weighted by Crippen LogP contribution is 2.19. The molecule has 0 radical (unpaired) electrons. The summed E-state index contributed by atoms with van der Waals surface area (Å²) in [6.45, 7) is 1.49. The molecule has 0 aliphatic rings. The molecule has 0 amide bonds. The van der Waals surface area contributed by atoms with E-state index in [-0.39, 0.29) is 11.5 Å². The van der Waals surface area contributed by atoms with Crippen molar-refractivity contribution in [1.29, 1.82) is 0 Å². The summed E-state index contributed by atoms with van der Waals surface area (Å²) in [7, 11) is -1.30. The minimum Gasteiger partial charge on any atom is -0.508 e. The molecule has 2 aromatic carbocycles. The van der Waals surface area contributed by atoms with Gasteiger partial charge in [0, 0.05) is 15.4 Å². The summed E-state index contributed by atoms with van der Waals surface area (Å²) in [6.07, 6.45) is 0. The summed E-state index contributed by atoms with van der Waals surface area (Å²) >= 11 is 0. The highest BCUT2D eigenvalue weighted by molar-refractivity contribution is 7.85. The number of hydrogen-bond donors (Lipinski definition) is 1. The zero-order valence-electron chi connectivity index (χ0n) is 9.79. The Bertz CT molecular complexity index is 585. The fourth-order valence-corrected chi connectivity index (χ4v) is 2.56. The molecule has 1 N–H and O–H groups in total. The van der Waals surface area contributed by atoms with Crippen LogP contribution >= 0.6 is 0 Å². The highest BCUT2D eigenvalue weighted by atomic mass is 32.2. The molecule has 0 aliphatic carbocycles. The fraction of sp³-hybridized carbons (Fsp3) is 0.0714. The topological polar surface area (TPSA) is 54.4 Å². The summed E-state index contributed by atoms with van der Waals surface area (Å²) in [5, 5.41) is 9.17. The maximum Gasteiger partial charge on any atom is 0.159 e. The van der Waals surface area contributed by atoms with Crippen molar-refractivity contribution in [2.75, 3.05) is 0 Å². The van der Waals surface area contributed by atoms with Crippen LogP contribution in [0.2, 0.25) is 0 Å². The third-order valence-electron chi connectivity index (χ3n) is 2.53. The molecule has 0 heterocycles. The molecular formula is C14H12O3S. The number of hydrogen-bond acceptors (Lipinski definition) is 3. The fourth-order valence-electron chi connectivity index (χ4n) is 1.52. The summed E-state index contributed by atoms with van der Waals surface area (Å²) in [4.78, 5) is 12.4. The van der Waals surface area contributed by atoms with Crippen LogP contribution in [0, 0.1) is 0 Å². The summed E-state index contributed by atoms with van der Waals surface area (Å²) < 4.78 is 12.2. The van der Waals surface area contributed by atoms with Gasteiger partial charge in [-0.3, -0.25) is 4.79 Å². The molecule has 2 aromatic rings. The third kappa shape index (κ3) is 2.65. The van der Waals surface area contributed by atoms with E-state index in [0.29, 0.717) is 15.4 Å². The number of carbonyl (C=O) groups is 1. The van der Waals surface area contributed by atoms with Crippen LogP contribution in [0.25, 0.3) is 0 Å². The smallest absolute Gasteiger partial charge is 0.159 e. The molecule has 0 aromatic heterocycles. The average Bonchev–Trinajstić information content (AvgIpc) is 2.39. The van der Waals surface area contributed by atoms with Gasteiger partial charge >= 0.3 is 0 Å². The van der Waals surface area contributed by atoms with Gasteiger partial charge in [0.25, 0.3) is 0 Å². The molecule has 1 atom stereocenters. The summed E-state index contributed by atoms with van der Waals surface area (Å²) in [5.74, 6) is 0.125. The van der Waals surface area contributed by atoms with Crippen molar-refractivity contribution in [2.24, 2.45) is 0 Å². The van der Waals surface area contributed by atoms with E-state index < -0.39 is 10.8 Å². The maximum absolute atomic E-state index is 12.2. The molecule has 0 spiro atoms. The van der Waals surface area contributed by atoms with Crippen LogP contribution in [0.15, 0.2) is 58.3 Å². The lowest BCUT2D eigenvalue weighted by Gasteiger charge is -2.03. The first-order chi connectivity index (χ1) is 8.58.